The van der Waals surface area contributed by atoms with E-state index >= 15 is 0 Å². The lowest BCUT2D eigenvalue weighted by atomic mass is 10.1. The van der Waals surface area contributed by atoms with Crippen molar-refractivity contribution in [1.29, 1.82) is 0 Å². The standard InChI is InChI=1S/C18H18ClN5O/c1-12-11-16(22-21-12)23-7-9-24(10-8-23)18(25)14-4-5-15(19)13-3-2-6-20-17(13)14/h2-6,11H,7-10H2,1H3,(H,21,22). The minimum atomic E-state index is -0.00164. The molecule has 7 heteroatoms. The summed E-state index contributed by atoms with van der Waals surface area (Å²) in [5.74, 6) is 0.932. The Morgan fingerprint density at radius 2 is 2.00 bits per heavy atom. The molecule has 0 radical (unpaired) electrons. The molecule has 1 aliphatic heterocycles. The molecule has 0 bridgehead atoms. The summed E-state index contributed by atoms with van der Waals surface area (Å²) in [6.45, 7) is 4.81. The summed E-state index contributed by atoms with van der Waals surface area (Å²) in [6, 6.07) is 9.27. The second-order valence-electron chi connectivity index (χ2n) is 6.18. The zero-order valence-corrected chi connectivity index (χ0v) is 14.6. The summed E-state index contributed by atoms with van der Waals surface area (Å²) in [6.07, 6.45) is 1.69. The first kappa shape index (κ1) is 15.9. The van der Waals surface area contributed by atoms with Gasteiger partial charge < -0.3 is 9.80 Å². The molecule has 1 amide bonds. The van der Waals surface area contributed by atoms with Gasteiger partial charge in [0.1, 0.15) is 0 Å². The molecular weight excluding hydrogens is 338 g/mol. The number of carbonyl (C=O) groups is 1. The van der Waals surface area contributed by atoms with Gasteiger partial charge in [0.15, 0.2) is 5.82 Å². The molecule has 3 heterocycles. The summed E-state index contributed by atoms with van der Waals surface area (Å²) < 4.78 is 0. The van der Waals surface area contributed by atoms with Crippen molar-refractivity contribution in [3.05, 3.63) is 52.8 Å². The number of nitrogens with zero attached hydrogens (tertiary/aromatic N) is 4. The summed E-state index contributed by atoms with van der Waals surface area (Å²) in [5.41, 5.74) is 2.29. The third-order valence-electron chi connectivity index (χ3n) is 4.53. The number of carbonyl (C=O) groups excluding carboxylic acids is 1. The second-order valence-corrected chi connectivity index (χ2v) is 6.59. The number of rotatable bonds is 2. The Hall–Kier alpha value is -2.60. The van der Waals surface area contributed by atoms with Crippen LogP contribution in [0.4, 0.5) is 5.82 Å². The molecular formula is C18H18ClN5O. The van der Waals surface area contributed by atoms with Crippen molar-refractivity contribution >= 4 is 34.2 Å². The van der Waals surface area contributed by atoms with Crippen molar-refractivity contribution in [2.24, 2.45) is 0 Å². The number of amides is 1. The molecule has 1 aromatic carbocycles. The van der Waals surface area contributed by atoms with E-state index in [9.17, 15) is 4.79 Å². The molecule has 1 aliphatic rings. The maximum absolute atomic E-state index is 13.0. The molecule has 0 unspecified atom stereocenters. The highest BCUT2D eigenvalue weighted by atomic mass is 35.5. The Morgan fingerprint density at radius 3 is 2.72 bits per heavy atom. The summed E-state index contributed by atoms with van der Waals surface area (Å²) in [7, 11) is 0. The van der Waals surface area contributed by atoms with E-state index in [0.29, 0.717) is 29.2 Å². The predicted octanol–water partition coefficient (Wildman–Crippen LogP) is 2.88. The number of pyridine rings is 1. The molecule has 0 atom stereocenters. The summed E-state index contributed by atoms with van der Waals surface area (Å²) >= 11 is 6.23. The largest absolute Gasteiger partial charge is 0.352 e. The minimum absolute atomic E-state index is 0.00164. The third kappa shape index (κ3) is 2.93. The van der Waals surface area contributed by atoms with Crippen LogP contribution in [0.25, 0.3) is 10.9 Å². The van der Waals surface area contributed by atoms with E-state index in [1.165, 1.54) is 0 Å². The van der Waals surface area contributed by atoms with Crippen molar-refractivity contribution in [1.82, 2.24) is 20.1 Å². The lowest BCUT2D eigenvalue weighted by Gasteiger charge is -2.35. The molecule has 128 valence electrons. The first-order chi connectivity index (χ1) is 12.1. The highest BCUT2D eigenvalue weighted by Gasteiger charge is 2.25. The van der Waals surface area contributed by atoms with Crippen LogP contribution in [0.1, 0.15) is 16.1 Å². The highest BCUT2D eigenvalue weighted by Crippen LogP contribution is 2.26. The lowest BCUT2D eigenvalue weighted by molar-refractivity contribution is 0.0748. The number of hydrogen-bond donors (Lipinski definition) is 1. The molecule has 0 aliphatic carbocycles. The Labute approximate surface area is 150 Å². The molecule has 3 aromatic rings. The topological polar surface area (TPSA) is 65.1 Å². The van der Waals surface area contributed by atoms with Crippen molar-refractivity contribution in [3.8, 4) is 0 Å². The Morgan fingerprint density at radius 1 is 1.20 bits per heavy atom. The van der Waals surface area contributed by atoms with Crippen LogP contribution in [0.5, 0.6) is 0 Å². The molecule has 1 saturated heterocycles. The van der Waals surface area contributed by atoms with Crippen LogP contribution in [0.3, 0.4) is 0 Å². The molecule has 25 heavy (non-hydrogen) atoms. The van der Waals surface area contributed by atoms with E-state index in [-0.39, 0.29) is 5.91 Å². The Balaban J connectivity index is 1.54. The monoisotopic (exact) mass is 355 g/mol. The highest BCUT2D eigenvalue weighted by molar-refractivity contribution is 6.36. The van der Waals surface area contributed by atoms with E-state index in [2.05, 4.69) is 20.1 Å². The van der Waals surface area contributed by atoms with E-state index in [1.54, 1.807) is 18.3 Å². The minimum Gasteiger partial charge on any atom is -0.352 e. The molecule has 0 spiro atoms. The number of nitrogens with one attached hydrogen (secondary N) is 1. The van der Waals surface area contributed by atoms with Crippen molar-refractivity contribution in [3.63, 3.8) is 0 Å². The third-order valence-corrected chi connectivity index (χ3v) is 4.86. The zero-order valence-electron chi connectivity index (χ0n) is 13.9. The fourth-order valence-electron chi connectivity index (χ4n) is 3.19. The van der Waals surface area contributed by atoms with Gasteiger partial charge in [-0.1, -0.05) is 11.6 Å². The lowest BCUT2D eigenvalue weighted by Crippen LogP contribution is -2.49. The average Bonchev–Trinajstić information content (AvgIpc) is 3.08. The molecule has 1 N–H and O–H groups in total. The van der Waals surface area contributed by atoms with Crippen LogP contribution in [-0.4, -0.2) is 52.2 Å². The predicted molar refractivity (Wildman–Crippen MR) is 98.2 cm³/mol. The summed E-state index contributed by atoms with van der Waals surface area (Å²) in [5, 5.41) is 8.66. The number of aryl methyl sites for hydroxylation is 1. The van der Waals surface area contributed by atoms with Gasteiger partial charge in [-0.15, -0.1) is 0 Å². The van der Waals surface area contributed by atoms with Crippen LogP contribution in [0.15, 0.2) is 36.5 Å². The molecule has 2 aromatic heterocycles. The summed E-state index contributed by atoms with van der Waals surface area (Å²) in [4.78, 5) is 21.4. The van der Waals surface area contributed by atoms with Gasteiger partial charge in [0, 0.05) is 49.5 Å². The number of aromatic nitrogens is 3. The first-order valence-corrected chi connectivity index (χ1v) is 8.61. The van der Waals surface area contributed by atoms with Gasteiger partial charge in [-0.2, -0.15) is 5.10 Å². The molecule has 1 fully saturated rings. The smallest absolute Gasteiger partial charge is 0.256 e. The number of piperazine rings is 1. The fourth-order valence-corrected chi connectivity index (χ4v) is 3.40. The quantitative estimate of drug-likeness (QED) is 0.767. The van der Waals surface area contributed by atoms with Gasteiger partial charge in [0.2, 0.25) is 0 Å². The van der Waals surface area contributed by atoms with Gasteiger partial charge in [0.25, 0.3) is 5.91 Å². The average molecular weight is 356 g/mol. The Bertz CT molecular complexity index is 930. The van der Waals surface area contributed by atoms with Crippen LogP contribution in [-0.2, 0) is 0 Å². The fraction of sp³-hybridized carbons (Fsp3) is 0.278. The van der Waals surface area contributed by atoms with E-state index in [0.717, 1.165) is 30.0 Å². The van der Waals surface area contributed by atoms with Crippen LogP contribution in [0, 0.1) is 6.92 Å². The number of H-pyrrole nitrogens is 1. The Kier molecular flexibility index (Phi) is 4.05. The van der Waals surface area contributed by atoms with Crippen molar-refractivity contribution in [2.75, 3.05) is 31.1 Å². The number of hydrogen-bond acceptors (Lipinski definition) is 4. The van der Waals surface area contributed by atoms with Crippen LogP contribution < -0.4 is 4.90 Å². The van der Waals surface area contributed by atoms with Gasteiger partial charge in [-0.25, -0.2) is 0 Å². The number of anilines is 1. The molecule has 6 nitrogen and oxygen atoms in total. The van der Waals surface area contributed by atoms with Crippen LogP contribution >= 0.6 is 11.6 Å². The van der Waals surface area contributed by atoms with Gasteiger partial charge in [0.05, 0.1) is 16.1 Å². The first-order valence-electron chi connectivity index (χ1n) is 8.23. The number of fused-ring (bicyclic) bond motifs is 1. The number of aromatic amines is 1. The van der Waals surface area contributed by atoms with E-state index in [4.69, 9.17) is 11.6 Å². The van der Waals surface area contributed by atoms with E-state index < -0.39 is 0 Å². The normalized spacial score (nSPS) is 15.0. The zero-order chi connectivity index (χ0) is 17.4. The second kappa shape index (κ2) is 6.37. The van der Waals surface area contributed by atoms with Crippen molar-refractivity contribution in [2.45, 2.75) is 6.92 Å². The van der Waals surface area contributed by atoms with Gasteiger partial charge in [-0.3, -0.25) is 14.9 Å². The SMILES string of the molecule is Cc1cc(N2CCN(C(=O)c3ccc(Cl)c4cccnc34)CC2)n[nH]1. The maximum atomic E-state index is 13.0. The van der Waals surface area contributed by atoms with Crippen molar-refractivity contribution < 1.29 is 4.79 Å². The number of benzene rings is 1. The molecule has 4 rings (SSSR count). The van der Waals surface area contributed by atoms with Gasteiger partial charge in [-0.05, 0) is 31.2 Å². The van der Waals surface area contributed by atoms with E-state index in [1.807, 2.05) is 30.0 Å². The van der Waals surface area contributed by atoms with Crippen LogP contribution in [0.2, 0.25) is 5.02 Å². The maximum Gasteiger partial charge on any atom is 0.256 e. The number of halogens is 1. The molecule has 0 saturated carbocycles. The van der Waals surface area contributed by atoms with Gasteiger partial charge >= 0.3 is 0 Å².